The minimum absolute atomic E-state index is 0.121. The molecule has 1 heterocycles. The zero-order valence-corrected chi connectivity index (χ0v) is 16.2. The first-order valence-electron chi connectivity index (χ1n) is 8.99. The van der Waals surface area contributed by atoms with Crippen LogP contribution in [0.25, 0.3) is 17.1 Å². The van der Waals surface area contributed by atoms with Crippen molar-refractivity contribution in [3.63, 3.8) is 0 Å². The van der Waals surface area contributed by atoms with Crippen LogP contribution in [0.5, 0.6) is 5.75 Å². The molecule has 1 amide bonds. The average Bonchev–Trinajstić information content (AvgIpc) is 3.18. The molecule has 0 radical (unpaired) electrons. The van der Waals surface area contributed by atoms with Crippen molar-refractivity contribution in [1.29, 1.82) is 0 Å². The van der Waals surface area contributed by atoms with Gasteiger partial charge in [-0.1, -0.05) is 60.3 Å². The number of thioether (sulfide) groups is 1. The highest BCUT2D eigenvalue weighted by Crippen LogP contribution is 2.32. The average molecular weight is 402 g/mol. The molecular weight excluding hydrogens is 384 g/mol. The largest absolute Gasteiger partial charge is 0.507 e. The lowest BCUT2D eigenvalue weighted by Crippen LogP contribution is -2.14. The highest BCUT2D eigenvalue weighted by atomic mass is 32.2. The smallest absolute Gasteiger partial charge is 0.234 e. The van der Waals surface area contributed by atoms with E-state index in [1.54, 1.807) is 18.2 Å². The summed E-state index contributed by atoms with van der Waals surface area (Å²) in [6.45, 7) is 0. The van der Waals surface area contributed by atoms with Gasteiger partial charge in [0.15, 0.2) is 11.0 Å². The molecule has 1 aromatic heterocycles. The normalized spacial score (nSPS) is 10.6. The number of anilines is 1. The maximum absolute atomic E-state index is 12.3. The number of amides is 1. The zero-order chi connectivity index (χ0) is 20.1. The van der Waals surface area contributed by atoms with Crippen LogP contribution in [-0.4, -0.2) is 31.5 Å². The summed E-state index contributed by atoms with van der Waals surface area (Å²) in [5, 5.41) is 22.3. The van der Waals surface area contributed by atoms with Gasteiger partial charge in [0.25, 0.3) is 0 Å². The van der Waals surface area contributed by atoms with Gasteiger partial charge in [0.1, 0.15) is 5.75 Å². The van der Waals surface area contributed by atoms with E-state index in [1.165, 1.54) is 11.8 Å². The molecule has 0 aliphatic rings. The van der Waals surface area contributed by atoms with Crippen molar-refractivity contribution in [2.24, 2.45) is 0 Å². The van der Waals surface area contributed by atoms with E-state index in [4.69, 9.17) is 0 Å². The van der Waals surface area contributed by atoms with Crippen molar-refractivity contribution in [3.8, 4) is 22.8 Å². The summed E-state index contributed by atoms with van der Waals surface area (Å²) in [5.41, 5.74) is 2.17. The summed E-state index contributed by atoms with van der Waals surface area (Å²) >= 11 is 1.29. The van der Waals surface area contributed by atoms with Crippen LogP contribution in [0.4, 0.5) is 5.69 Å². The molecule has 0 aliphatic heterocycles. The van der Waals surface area contributed by atoms with E-state index in [0.717, 1.165) is 11.4 Å². The molecule has 0 saturated heterocycles. The van der Waals surface area contributed by atoms with Gasteiger partial charge in [-0.25, -0.2) is 0 Å². The standard InChI is InChI=1S/C22H18N4O2S/c27-19-14-8-7-13-18(19)21-24-25-22(26(21)17-11-5-2-6-12-17)29-15-20(28)23-16-9-3-1-4-10-16/h1-14,27H,15H2,(H,23,28). The van der Waals surface area contributed by atoms with Gasteiger partial charge in [0.2, 0.25) is 5.91 Å². The maximum atomic E-state index is 12.3. The second kappa shape index (κ2) is 8.62. The van der Waals surface area contributed by atoms with E-state index < -0.39 is 0 Å². The molecule has 29 heavy (non-hydrogen) atoms. The Hall–Kier alpha value is -3.58. The zero-order valence-electron chi connectivity index (χ0n) is 15.4. The monoisotopic (exact) mass is 402 g/mol. The van der Waals surface area contributed by atoms with Crippen LogP contribution in [0.1, 0.15) is 0 Å². The van der Waals surface area contributed by atoms with Gasteiger partial charge in [-0.05, 0) is 36.4 Å². The lowest BCUT2D eigenvalue weighted by Gasteiger charge is -2.11. The minimum atomic E-state index is -0.132. The molecule has 0 unspecified atom stereocenters. The number of aromatic nitrogens is 3. The van der Waals surface area contributed by atoms with Crippen LogP contribution >= 0.6 is 11.8 Å². The number of carbonyl (C=O) groups is 1. The Morgan fingerprint density at radius 1 is 0.897 bits per heavy atom. The number of carbonyl (C=O) groups excluding carboxylic acids is 1. The van der Waals surface area contributed by atoms with Gasteiger partial charge in [0, 0.05) is 11.4 Å². The van der Waals surface area contributed by atoms with E-state index in [1.807, 2.05) is 71.3 Å². The van der Waals surface area contributed by atoms with Crippen molar-refractivity contribution in [3.05, 3.63) is 84.9 Å². The fourth-order valence-electron chi connectivity index (χ4n) is 2.86. The fourth-order valence-corrected chi connectivity index (χ4v) is 3.61. The molecule has 0 bridgehead atoms. The third-order valence-corrected chi connectivity index (χ3v) is 5.11. The quantitative estimate of drug-likeness (QED) is 0.468. The van der Waals surface area contributed by atoms with E-state index in [2.05, 4.69) is 15.5 Å². The van der Waals surface area contributed by atoms with Crippen LogP contribution < -0.4 is 5.32 Å². The first-order valence-corrected chi connectivity index (χ1v) is 9.98. The molecule has 144 valence electrons. The summed E-state index contributed by atoms with van der Waals surface area (Å²) in [5.74, 6) is 0.685. The molecular formula is C22H18N4O2S. The maximum Gasteiger partial charge on any atom is 0.234 e. The number of hydrogen-bond donors (Lipinski definition) is 2. The predicted octanol–water partition coefficient (Wildman–Crippen LogP) is 4.37. The lowest BCUT2D eigenvalue weighted by molar-refractivity contribution is -0.113. The number of benzene rings is 3. The van der Waals surface area contributed by atoms with Gasteiger partial charge in [-0.15, -0.1) is 10.2 Å². The van der Waals surface area contributed by atoms with E-state index in [0.29, 0.717) is 16.5 Å². The minimum Gasteiger partial charge on any atom is -0.507 e. The molecule has 4 aromatic rings. The predicted molar refractivity (Wildman–Crippen MR) is 114 cm³/mol. The third-order valence-electron chi connectivity index (χ3n) is 4.18. The van der Waals surface area contributed by atoms with Crippen LogP contribution in [0.2, 0.25) is 0 Å². The second-order valence-corrected chi connectivity index (χ2v) is 7.14. The first-order chi connectivity index (χ1) is 14.2. The Labute approximate surface area is 172 Å². The molecule has 2 N–H and O–H groups in total. The van der Waals surface area contributed by atoms with Crippen LogP contribution in [0.3, 0.4) is 0 Å². The van der Waals surface area contributed by atoms with Gasteiger partial charge in [-0.3, -0.25) is 9.36 Å². The topological polar surface area (TPSA) is 80.0 Å². The second-order valence-electron chi connectivity index (χ2n) is 6.20. The molecule has 0 spiro atoms. The van der Waals surface area contributed by atoms with Gasteiger partial charge in [-0.2, -0.15) is 0 Å². The van der Waals surface area contributed by atoms with Crippen LogP contribution in [0.15, 0.2) is 90.1 Å². The number of aromatic hydroxyl groups is 1. The van der Waals surface area contributed by atoms with Crippen molar-refractivity contribution >= 4 is 23.4 Å². The van der Waals surface area contributed by atoms with Gasteiger partial charge in [0.05, 0.1) is 11.3 Å². The molecule has 7 heteroatoms. The molecule has 4 rings (SSSR count). The first kappa shape index (κ1) is 18.8. The molecule has 0 fully saturated rings. The number of nitrogens with one attached hydrogen (secondary N) is 1. The van der Waals surface area contributed by atoms with Crippen molar-refractivity contribution in [2.45, 2.75) is 5.16 Å². The van der Waals surface area contributed by atoms with E-state index in [9.17, 15) is 9.90 Å². The molecule has 3 aromatic carbocycles. The van der Waals surface area contributed by atoms with Crippen molar-refractivity contribution in [1.82, 2.24) is 14.8 Å². The van der Waals surface area contributed by atoms with Gasteiger partial charge < -0.3 is 10.4 Å². The Balaban J connectivity index is 1.62. The SMILES string of the molecule is O=C(CSc1nnc(-c2ccccc2O)n1-c1ccccc1)Nc1ccccc1. The Morgan fingerprint density at radius 2 is 1.55 bits per heavy atom. The van der Waals surface area contributed by atoms with Crippen molar-refractivity contribution in [2.75, 3.05) is 11.1 Å². The number of rotatable bonds is 6. The van der Waals surface area contributed by atoms with Crippen molar-refractivity contribution < 1.29 is 9.90 Å². The van der Waals surface area contributed by atoms with E-state index in [-0.39, 0.29) is 17.4 Å². The number of nitrogens with zero attached hydrogens (tertiary/aromatic N) is 3. The summed E-state index contributed by atoms with van der Waals surface area (Å²) in [4.78, 5) is 12.3. The number of hydrogen-bond acceptors (Lipinski definition) is 5. The Morgan fingerprint density at radius 3 is 2.28 bits per heavy atom. The Kier molecular flexibility index (Phi) is 5.58. The summed E-state index contributed by atoms with van der Waals surface area (Å²) in [6.07, 6.45) is 0. The molecule has 0 atom stereocenters. The molecule has 0 saturated carbocycles. The number of phenolic OH excluding ortho intramolecular Hbond substituents is 1. The summed E-state index contributed by atoms with van der Waals surface area (Å²) in [6, 6.07) is 25.9. The summed E-state index contributed by atoms with van der Waals surface area (Å²) < 4.78 is 1.84. The molecule has 0 aliphatic carbocycles. The third kappa shape index (κ3) is 4.30. The van der Waals surface area contributed by atoms with Gasteiger partial charge >= 0.3 is 0 Å². The fraction of sp³-hybridized carbons (Fsp3) is 0.0455. The highest BCUT2D eigenvalue weighted by Gasteiger charge is 2.19. The summed E-state index contributed by atoms with van der Waals surface area (Å²) in [7, 11) is 0. The van der Waals surface area contributed by atoms with Crippen LogP contribution in [-0.2, 0) is 4.79 Å². The number of phenols is 1. The Bertz CT molecular complexity index is 1110. The number of para-hydroxylation sites is 3. The van der Waals surface area contributed by atoms with Crippen LogP contribution in [0, 0.1) is 0 Å². The highest BCUT2D eigenvalue weighted by molar-refractivity contribution is 7.99. The lowest BCUT2D eigenvalue weighted by atomic mass is 10.2. The molecule has 6 nitrogen and oxygen atoms in total. The van der Waals surface area contributed by atoms with E-state index >= 15 is 0 Å².